The Kier molecular flexibility index (Phi) is 4.69. The number of aryl methyl sites for hydroxylation is 1. The third-order valence-electron chi connectivity index (χ3n) is 4.15. The van der Waals surface area contributed by atoms with Crippen molar-refractivity contribution in [1.82, 2.24) is 9.29 Å². The smallest absolute Gasteiger partial charge is 0.305 e. The van der Waals surface area contributed by atoms with E-state index in [9.17, 15) is 18.3 Å². The van der Waals surface area contributed by atoms with E-state index in [2.05, 4.69) is 4.98 Å². The van der Waals surface area contributed by atoms with Crippen LogP contribution in [0, 0.1) is 6.92 Å². The summed E-state index contributed by atoms with van der Waals surface area (Å²) in [5, 5.41) is 9.87. The molecular formula is C13H20N2O4S2. The normalized spacial score (nSPS) is 18.8. The lowest BCUT2D eigenvalue weighted by molar-refractivity contribution is -0.140. The van der Waals surface area contributed by atoms with Crippen LogP contribution in [-0.2, 0) is 14.8 Å². The van der Waals surface area contributed by atoms with Crippen molar-refractivity contribution in [2.24, 2.45) is 0 Å². The molecule has 0 atom stereocenters. The summed E-state index contributed by atoms with van der Waals surface area (Å²) in [5.74, 6) is -0.959. The van der Waals surface area contributed by atoms with Crippen molar-refractivity contribution in [2.45, 2.75) is 55.2 Å². The molecule has 1 heterocycles. The van der Waals surface area contributed by atoms with Gasteiger partial charge in [0.15, 0.2) is 4.21 Å². The Balaban J connectivity index is 2.37. The number of aromatic nitrogens is 1. The zero-order valence-corrected chi connectivity index (χ0v) is 13.8. The van der Waals surface area contributed by atoms with E-state index < -0.39 is 21.5 Å². The maximum absolute atomic E-state index is 12.7. The number of thiazole rings is 1. The van der Waals surface area contributed by atoms with Gasteiger partial charge in [0.25, 0.3) is 10.0 Å². The highest BCUT2D eigenvalue weighted by Crippen LogP contribution is 2.39. The molecule has 1 aromatic heterocycles. The summed E-state index contributed by atoms with van der Waals surface area (Å²) in [6.45, 7) is 1.75. The fourth-order valence-electron chi connectivity index (χ4n) is 2.95. The van der Waals surface area contributed by atoms with Crippen LogP contribution < -0.4 is 0 Å². The first kappa shape index (κ1) is 16.4. The number of carbonyl (C=O) groups is 1. The fraction of sp³-hybridized carbons (Fsp3) is 0.692. The SMILES string of the molecule is Cc1ncc(S(=O)(=O)N(C)C2(CC(=O)O)CCCCC2)s1. The summed E-state index contributed by atoms with van der Waals surface area (Å²) in [6.07, 6.45) is 5.11. The lowest BCUT2D eigenvalue weighted by atomic mass is 9.79. The van der Waals surface area contributed by atoms with E-state index in [1.54, 1.807) is 6.92 Å². The third-order valence-corrected chi connectivity index (χ3v) is 7.46. The maximum atomic E-state index is 12.7. The molecule has 118 valence electrons. The molecule has 0 aliphatic heterocycles. The monoisotopic (exact) mass is 332 g/mol. The highest BCUT2D eigenvalue weighted by Gasteiger charge is 2.44. The molecule has 1 fully saturated rings. The second kappa shape index (κ2) is 6.02. The van der Waals surface area contributed by atoms with Gasteiger partial charge >= 0.3 is 5.97 Å². The van der Waals surface area contributed by atoms with Crippen LogP contribution in [0.25, 0.3) is 0 Å². The summed E-state index contributed by atoms with van der Waals surface area (Å²) < 4.78 is 26.9. The van der Waals surface area contributed by atoms with E-state index in [1.807, 2.05) is 0 Å². The predicted octanol–water partition coefficient (Wildman–Crippen LogP) is 2.25. The largest absolute Gasteiger partial charge is 0.481 e. The first-order chi connectivity index (χ1) is 9.78. The van der Waals surface area contributed by atoms with Crippen molar-refractivity contribution in [3.8, 4) is 0 Å². The fourth-order valence-corrected chi connectivity index (χ4v) is 5.78. The summed E-state index contributed by atoms with van der Waals surface area (Å²) in [6, 6.07) is 0. The second-order valence-electron chi connectivity index (χ2n) is 5.53. The first-order valence-electron chi connectivity index (χ1n) is 6.91. The Labute approximate surface area is 128 Å². The zero-order valence-electron chi connectivity index (χ0n) is 12.2. The van der Waals surface area contributed by atoms with Gasteiger partial charge < -0.3 is 5.11 Å². The highest BCUT2D eigenvalue weighted by atomic mass is 32.2. The number of sulfonamides is 1. The molecule has 6 nitrogen and oxygen atoms in total. The minimum absolute atomic E-state index is 0.152. The van der Waals surface area contributed by atoms with Crippen LogP contribution in [0.4, 0.5) is 0 Å². The molecule has 0 bridgehead atoms. The lowest BCUT2D eigenvalue weighted by Gasteiger charge is -2.42. The van der Waals surface area contributed by atoms with Gasteiger partial charge in [-0.2, -0.15) is 4.31 Å². The van der Waals surface area contributed by atoms with Crippen molar-refractivity contribution in [2.75, 3.05) is 7.05 Å². The Hall–Kier alpha value is -0.990. The van der Waals surface area contributed by atoms with Crippen molar-refractivity contribution < 1.29 is 18.3 Å². The molecule has 8 heteroatoms. The highest BCUT2D eigenvalue weighted by molar-refractivity contribution is 7.91. The molecule has 1 aliphatic carbocycles. The van der Waals surface area contributed by atoms with E-state index in [4.69, 9.17) is 0 Å². The Morgan fingerprint density at radius 2 is 2.05 bits per heavy atom. The Morgan fingerprint density at radius 1 is 1.43 bits per heavy atom. The summed E-state index contributed by atoms with van der Waals surface area (Å²) in [7, 11) is -2.20. The molecular weight excluding hydrogens is 312 g/mol. The van der Waals surface area contributed by atoms with Crippen molar-refractivity contribution in [1.29, 1.82) is 0 Å². The van der Waals surface area contributed by atoms with Crippen LogP contribution in [0.15, 0.2) is 10.4 Å². The number of aliphatic carboxylic acids is 1. The van der Waals surface area contributed by atoms with Gasteiger partial charge in [0.2, 0.25) is 0 Å². The molecule has 1 saturated carbocycles. The van der Waals surface area contributed by atoms with Crippen LogP contribution in [-0.4, -0.2) is 41.4 Å². The minimum atomic E-state index is -3.70. The van der Waals surface area contributed by atoms with Gasteiger partial charge in [0.05, 0.1) is 17.6 Å². The van der Waals surface area contributed by atoms with E-state index in [-0.39, 0.29) is 10.6 Å². The van der Waals surface area contributed by atoms with Crippen molar-refractivity contribution >= 4 is 27.3 Å². The van der Waals surface area contributed by atoms with Gasteiger partial charge in [0, 0.05) is 12.6 Å². The standard InChI is InChI=1S/C13H20N2O4S2/c1-10-14-9-12(20-10)21(18,19)15(2)13(8-11(16)17)6-4-3-5-7-13/h9H,3-8H2,1-2H3,(H,16,17). The van der Waals surface area contributed by atoms with Gasteiger partial charge in [-0.1, -0.05) is 19.3 Å². The number of rotatable bonds is 5. The summed E-state index contributed by atoms with van der Waals surface area (Å²) in [5.41, 5.74) is -0.819. The van der Waals surface area contributed by atoms with Crippen LogP contribution >= 0.6 is 11.3 Å². The molecule has 1 N–H and O–H groups in total. The molecule has 0 unspecified atom stereocenters. The molecule has 21 heavy (non-hydrogen) atoms. The number of hydrogen-bond donors (Lipinski definition) is 1. The quantitative estimate of drug-likeness (QED) is 0.893. The van der Waals surface area contributed by atoms with Crippen LogP contribution in [0.2, 0.25) is 0 Å². The summed E-state index contributed by atoms with van der Waals surface area (Å²) >= 11 is 1.12. The van der Waals surface area contributed by atoms with E-state index in [0.717, 1.165) is 30.6 Å². The molecule has 0 radical (unpaired) electrons. The van der Waals surface area contributed by atoms with Crippen molar-refractivity contribution in [3.05, 3.63) is 11.2 Å². The van der Waals surface area contributed by atoms with Gasteiger partial charge in [-0.15, -0.1) is 11.3 Å². The first-order valence-corrected chi connectivity index (χ1v) is 9.17. The number of nitrogens with zero attached hydrogens (tertiary/aromatic N) is 2. The van der Waals surface area contributed by atoms with Gasteiger partial charge in [-0.05, 0) is 19.8 Å². The molecule has 1 aliphatic rings. The van der Waals surface area contributed by atoms with E-state index in [1.165, 1.54) is 17.5 Å². The third kappa shape index (κ3) is 3.27. The number of hydrogen-bond acceptors (Lipinski definition) is 5. The number of carboxylic acids is 1. The Morgan fingerprint density at radius 3 is 2.52 bits per heavy atom. The maximum Gasteiger partial charge on any atom is 0.305 e. The van der Waals surface area contributed by atoms with Gasteiger partial charge in [0.1, 0.15) is 0 Å². The van der Waals surface area contributed by atoms with Gasteiger partial charge in [-0.25, -0.2) is 13.4 Å². The van der Waals surface area contributed by atoms with E-state index in [0.29, 0.717) is 17.8 Å². The minimum Gasteiger partial charge on any atom is -0.481 e. The second-order valence-corrected chi connectivity index (χ2v) is 8.96. The average Bonchev–Trinajstić information content (AvgIpc) is 2.85. The molecule has 0 spiro atoms. The van der Waals surface area contributed by atoms with Crippen LogP contribution in [0.5, 0.6) is 0 Å². The average molecular weight is 332 g/mol. The van der Waals surface area contributed by atoms with Crippen LogP contribution in [0.1, 0.15) is 43.5 Å². The topological polar surface area (TPSA) is 87.6 Å². The predicted molar refractivity (Wildman–Crippen MR) is 79.9 cm³/mol. The lowest BCUT2D eigenvalue weighted by Crippen LogP contribution is -2.51. The Bertz CT molecular complexity index is 618. The molecule has 2 rings (SSSR count). The number of carboxylic acid groups (broad SMARTS) is 1. The molecule has 0 saturated heterocycles. The van der Waals surface area contributed by atoms with Gasteiger partial charge in [-0.3, -0.25) is 4.79 Å². The van der Waals surface area contributed by atoms with Crippen molar-refractivity contribution in [3.63, 3.8) is 0 Å². The molecule has 0 aromatic carbocycles. The van der Waals surface area contributed by atoms with Crippen LogP contribution in [0.3, 0.4) is 0 Å². The van der Waals surface area contributed by atoms with E-state index >= 15 is 0 Å². The zero-order chi connectivity index (χ0) is 15.7. The summed E-state index contributed by atoms with van der Waals surface area (Å²) in [4.78, 5) is 15.2. The molecule has 0 amide bonds. The molecule has 1 aromatic rings.